The highest BCUT2D eigenvalue weighted by Crippen LogP contribution is 2.36. The number of carbonyl (C=O) groups is 3. The Morgan fingerprint density at radius 3 is 2.65 bits per heavy atom. The lowest BCUT2D eigenvalue weighted by Crippen LogP contribution is -2.37. The molecule has 0 radical (unpaired) electrons. The molecule has 4 rings (SSSR count). The van der Waals surface area contributed by atoms with Crippen LogP contribution in [-0.2, 0) is 20.9 Å². The number of hydrazone groups is 1. The van der Waals surface area contributed by atoms with E-state index in [0.29, 0.717) is 33.0 Å². The molecule has 1 aliphatic rings. The molecule has 0 aromatic heterocycles. The van der Waals surface area contributed by atoms with Crippen molar-refractivity contribution >= 4 is 45.6 Å². The van der Waals surface area contributed by atoms with Crippen molar-refractivity contribution in [1.29, 1.82) is 0 Å². The maximum absolute atomic E-state index is 12.5. The number of benzene rings is 3. The summed E-state index contributed by atoms with van der Waals surface area (Å²) in [5, 5.41) is 9.20. The molecule has 0 aliphatic carbocycles. The average molecular weight is 611 g/mol. The molecule has 3 aromatic carbocycles. The molecular formula is C28H27BrN4O7. The third-order valence-corrected chi connectivity index (χ3v) is 6.54. The molecule has 0 fully saturated rings. The van der Waals surface area contributed by atoms with Gasteiger partial charge in [0.05, 0.1) is 17.8 Å². The number of nitrogens with zero attached hydrogens (tertiary/aromatic N) is 1. The highest BCUT2D eigenvalue weighted by Gasteiger charge is 2.17. The van der Waals surface area contributed by atoms with E-state index < -0.39 is 11.8 Å². The van der Waals surface area contributed by atoms with E-state index in [1.807, 2.05) is 32.0 Å². The second-order valence-electron chi connectivity index (χ2n) is 8.69. The normalized spacial score (nSPS) is 11.7. The fourth-order valence-corrected chi connectivity index (χ4v) is 4.27. The van der Waals surface area contributed by atoms with E-state index in [0.717, 1.165) is 22.4 Å². The summed E-state index contributed by atoms with van der Waals surface area (Å²) < 4.78 is 22.2. The number of amides is 3. The Balaban J connectivity index is 1.29. The number of carbonyl (C=O) groups excluding carboxylic acids is 3. The molecule has 0 bridgehead atoms. The second-order valence-corrected chi connectivity index (χ2v) is 9.54. The van der Waals surface area contributed by atoms with Gasteiger partial charge >= 0.3 is 11.8 Å². The molecule has 0 saturated heterocycles. The van der Waals surface area contributed by atoms with Gasteiger partial charge in [-0.25, -0.2) is 5.43 Å². The molecule has 40 heavy (non-hydrogen) atoms. The first-order valence-electron chi connectivity index (χ1n) is 12.1. The van der Waals surface area contributed by atoms with Gasteiger partial charge in [-0.05, 0) is 82.4 Å². The Labute approximate surface area is 239 Å². The van der Waals surface area contributed by atoms with Crippen molar-refractivity contribution in [1.82, 2.24) is 10.7 Å². The van der Waals surface area contributed by atoms with Gasteiger partial charge in [0.2, 0.25) is 6.79 Å². The van der Waals surface area contributed by atoms with E-state index in [9.17, 15) is 14.4 Å². The number of anilines is 1. The minimum Gasteiger partial charge on any atom is -0.493 e. The molecule has 3 N–H and O–H groups in total. The van der Waals surface area contributed by atoms with Crippen molar-refractivity contribution in [2.75, 3.05) is 25.8 Å². The van der Waals surface area contributed by atoms with E-state index in [2.05, 4.69) is 37.1 Å². The van der Waals surface area contributed by atoms with Gasteiger partial charge in [0.15, 0.2) is 29.6 Å². The predicted molar refractivity (Wildman–Crippen MR) is 151 cm³/mol. The van der Waals surface area contributed by atoms with Crippen molar-refractivity contribution in [2.45, 2.75) is 20.4 Å². The molecule has 1 heterocycles. The first-order valence-corrected chi connectivity index (χ1v) is 12.9. The van der Waals surface area contributed by atoms with Crippen molar-refractivity contribution in [3.8, 4) is 23.0 Å². The van der Waals surface area contributed by atoms with E-state index in [1.165, 1.54) is 13.3 Å². The summed E-state index contributed by atoms with van der Waals surface area (Å²) in [6, 6.07) is 14.2. The van der Waals surface area contributed by atoms with Crippen LogP contribution in [0.3, 0.4) is 0 Å². The monoisotopic (exact) mass is 610 g/mol. The standard InChI is InChI=1S/C28H27BrN4O7/c1-16-5-4-6-21(17(16)2)32-25(34)14-38-26-20(29)9-19(11-24(26)37-3)13-31-33-28(36)27(35)30-12-18-7-8-22-23(10-18)40-15-39-22/h4-11,13H,12,14-15H2,1-3H3,(H,30,35)(H,32,34)(H,33,36)/b31-13-. The topological polar surface area (TPSA) is 137 Å². The minimum absolute atomic E-state index is 0.126. The van der Waals surface area contributed by atoms with Crippen molar-refractivity contribution in [3.63, 3.8) is 0 Å². The van der Waals surface area contributed by atoms with Crippen molar-refractivity contribution < 1.29 is 33.3 Å². The van der Waals surface area contributed by atoms with Crippen LogP contribution in [0.5, 0.6) is 23.0 Å². The molecule has 208 valence electrons. The Bertz CT molecular complexity index is 1480. The predicted octanol–water partition coefficient (Wildman–Crippen LogP) is 3.59. The Morgan fingerprint density at radius 2 is 1.85 bits per heavy atom. The van der Waals surface area contributed by atoms with Gasteiger partial charge in [-0.3, -0.25) is 14.4 Å². The Hall–Kier alpha value is -4.58. The van der Waals surface area contributed by atoms with Crippen LogP contribution in [0.4, 0.5) is 5.69 Å². The number of halogens is 1. The lowest BCUT2D eigenvalue weighted by Gasteiger charge is -2.14. The molecule has 1 aliphatic heterocycles. The third kappa shape index (κ3) is 7.08. The van der Waals surface area contributed by atoms with E-state index in [1.54, 1.807) is 30.3 Å². The summed E-state index contributed by atoms with van der Waals surface area (Å²) in [6.45, 7) is 3.93. The van der Waals surface area contributed by atoms with Crippen molar-refractivity contribution in [3.05, 3.63) is 75.3 Å². The lowest BCUT2D eigenvalue weighted by atomic mass is 10.1. The fourth-order valence-electron chi connectivity index (χ4n) is 3.69. The first-order chi connectivity index (χ1) is 19.2. The highest BCUT2D eigenvalue weighted by atomic mass is 79.9. The second kappa shape index (κ2) is 13.0. The number of nitrogens with one attached hydrogen (secondary N) is 3. The number of hydrogen-bond donors (Lipinski definition) is 3. The number of aryl methyl sites for hydroxylation is 1. The summed E-state index contributed by atoms with van der Waals surface area (Å²) in [4.78, 5) is 36.7. The van der Waals surface area contributed by atoms with Gasteiger partial charge in [0, 0.05) is 12.2 Å². The summed E-state index contributed by atoms with van der Waals surface area (Å²) in [5.74, 6) is -0.240. The molecule has 0 spiro atoms. The number of ether oxygens (including phenoxy) is 4. The summed E-state index contributed by atoms with van der Waals surface area (Å²) in [6.07, 6.45) is 1.34. The SMILES string of the molecule is COc1cc(/C=N\NC(=O)C(=O)NCc2ccc3c(c2)OCO3)cc(Br)c1OCC(=O)Nc1cccc(C)c1C. The molecular weight excluding hydrogens is 584 g/mol. The van der Waals surface area contributed by atoms with Crippen LogP contribution in [0.25, 0.3) is 0 Å². The van der Waals surface area contributed by atoms with Crippen molar-refractivity contribution in [2.24, 2.45) is 5.10 Å². The molecule has 0 unspecified atom stereocenters. The molecule has 3 aromatic rings. The first kappa shape index (κ1) is 28.4. The van der Waals surface area contributed by atoms with E-state index >= 15 is 0 Å². The van der Waals surface area contributed by atoms with E-state index in [4.69, 9.17) is 18.9 Å². The molecule has 12 heteroatoms. The van der Waals surface area contributed by atoms with Crippen LogP contribution in [0.15, 0.2) is 58.1 Å². The van der Waals surface area contributed by atoms with Crippen LogP contribution >= 0.6 is 15.9 Å². The Morgan fingerprint density at radius 1 is 1.05 bits per heavy atom. The van der Waals surface area contributed by atoms with Gasteiger partial charge in [-0.1, -0.05) is 18.2 Å². The number of rotatable bonds is 9. The van der Waals surface area contributed by atoms with Crippen LogP contribution in [0.1, 0.15) is 22.3 Å². The summed E-state index contributed by atoms with van der Waals surface area (Å²) in [5.41, 5.74) is 6.24. The summed E-state index contributed by atoms with van der Waals surface area (Å²) in [7, 11) is 1.46. The lowest BCUT2D eigenvalue weighted by molar-refractivity contribution is -0.139. The van der Waals surface area contributed by atoms with Gasteiger partial charge in [-0.15, -0.1) is 0 Å². The number of fused-ring (bicyclic) bond motifs is 1. The molecule has 0 atom stereocenters. The van der Waals surface area contributed by atoms with Gasteiger partial charge < -0.3 is 29.6 Å². The van der Waals surface area contributed by atoms with Crippen LogP contribution in [0, 0.1) is 13.8 Å². The third-order valence-electron chi connectivity index (χ3n) is 5.95. The quantitative estimate of drug-likeness (QED) is 0.191. The summed E-state index contributed by atoms with van der Waals surface area (Å²) >= 11 is 3.42. The minimum atomic E-state index is -0.933. The van der Waals surface area contributed by atoms with Gasteiger partial charge in [0.1, 0.15) is 0 Å². The molecule has 3 amide bonds. The largest absolute Gasteiger partial charge is 0.493 e. The highest BCUT2D eigenvalue weighted by molar-refractivity contribution is 9.10. The van der Waals surface area contributed by atoms with Crippen LogP contribution < -0.4 is 35.0 Å². The zero-order valence-corrected chi connectivity index (χ0v) is 23.6. The fraction of sp³-hybridized carbons (Fsp3) is 0.214. The zero-order chi connectivity index (χ0) is 28.6. The maximum atomic E-state index is 12.5. The van der Waals surface area contributed by atoms with Gasteiger partial charge in [0.25, 0.3) is 5.91 Å². The molecule has 0 saturated carbocycles. The average Bonchev–Trinajstić information content (AvgIpc) is 3.41. The molecule has 11 nitrogen and oxygen atoms in total. The number of methoxy groups -OCH3 is 1. The number of hydrogen-bond acceptors (Lipinski definition) is 8. The zero-order valence-electron chi connectivity index (χ0n) is 22.0. The van der Waals surface area contributed by atoms with Crippen LogP contribution in [-0.4, -0.2) is 44.4 Å². The smallest absolute Gasteiger partial charge is 0.329 e. The van der Waals surface area contributed by atoms with E-state index in [-0.39, 0.29) is 25.9 Å². The maximum Gasteiger partial charge on any atom is 0.329 e. The van der Waals surface area contributed by atoms with Crippen LogP contribution in [0.2, 0.25) is 0 Å². The Kier molecular flexibility index (Phi) is 9.23. The van der Waals surface area contributed by atoms with Gasteiger partial charge in [-0.2, -0.15) is 5.10 Å².